The quantitative estimate of drug-likeness (QED) is 0.168. The van der Waals surface area contributed by atoms with Crippen molar-refractivity contribution in [3.8, 4) is 33.4 Å². The van der Waals surface area contributed by atoms with Crippen molar-refractivity contribution in [3.63, 3.8) is 0 Å². The number of hydrogen-bond acceptors (Lipinski definition) is 4. The molecule has 4 nitrogen and oxygen atoms in total. The molecule has 0 atom stereocenters. The van der Waals surface area contributed by atoms with Gasteiger partial charge in [-0.25, -0.2) is 0 Å². The van der Waals surface area contributed by atoms with E-state index in [-0.39, 0.29) is 0 Å². The molecule has 13 rings (SSSR count). The Kier molecular flexibility index (Phi) is 7.57. The van der Waals surface area contributed by atoms with Crippen LogP contribution >= 0.6 is 0 Å². The predicted molar refractivity (Wildman–Crippen MR) is 257 cm³/mol. The highest BCUT2D eigenvalue weighted by atomic mass is 16.3. The van der Waals surface area contributed by atoms with Crippen LogP contribution in [0, 0.1) is 0 Å². The SMILES string of the molecule is c1ccc2c(c1)oc1cc(-c3ccc(N(c4ccc(-c5ccc6c(c5)oc5ccccc56)cc4)c4ccc(-c5cccc6c5oc5ccccc56)c5ccccc45)cc3)ccc12. The van der Waals surface area contributed by atoms with Gasteiger partial charge in [0, 0.05) is 54.6 Å². The summed E-state index contributed by atoms with van der Waals surface area (Å²) in [4.78, 5) is 2.37. The van der Waals surface area contributed by atoms with E-state index in [1.54, 1.807) is 0 Å². The first-order valence-electron chi connectivity index (χ1n) is 21.0. The van der Waals surface area contributed by atoms with Crippen LogP contribution in [0.3, 0.4) is 0 Å². The van der Waals surface area contributed by atoms with Crippen molar-refractivity contribution in [2.24, 2.45) is 0 Å². The van der Waals surface area contributed by atoms with Crippen molar-refractivity contribution in [2.45, 2.75) is 0 Å². The third-order valence-electron chi connectivity index (χ3n) is 12.5. The van der Waals surface area contributed by atoms with Gasteiger partial charge in [-0.15, -0.1) is 0 Å². The van der Waals surface area contributed by atoms with Crippen molar-refractivity contribution in [1.29, 1.82) is 0 Å². The minimum atomic E-state index is 0.888. The number of fused-ring (bicyclic) bond motifs is 10. The maximum atomic E-state index is 6.55. The highest BCUT2D eigenvalue weighted by Crippen LogP contribution is 2.45. The molecule has 0 bridgehead atoms. The molecular weight excluding hydrogens is 759 g/mol. The second-order valence-corrected chi connectivity index (χ2v) is 16.0. The van der Waals surface area contributed by atoms with E-state index in [0.717, 1.165) is 127 Å². The molecule has 10 aromatic carbocycles. The summed E-state index contributed by atoms with van der Waals surface area (Å²) in [6.45, 7) is 0. The van der Waals surface area contributed by atoms with Gasteiger partial charge < -0.3 is 18.2 Å². The number of nitrogens with zero attached hydrogens (tertiary/aromatic N) is 1. The molecule has 0 radical (unpaired) electrons. The largest absolute Gasteiger partial charge is 0.456 e. The van der Waals surface area contributed by atoms with E-state index in [1.807, 2.05) is 36.4 Å². The van der Waals surface area contributed by atoms with Gasteiger partial charge in [0.25, 0.3) is 0 Å². The van der Waals surface area contributed by atoms with E-state index < -0.39 is 0 Å². The first-order chi connectivity index (χ1) is 30.7. The maximum absolute atomic E-state index is 6.55. The van der Waals surface area contributed by atoms with Crippen LogP contribution < -0.4 is 4.90 Å². The monoisotopic (exact) mass is 793 g/mol. The standard InChI is InChI=1S/C58H35NO3/c1-2-11-44-42(10-1)43(50-15-9-16-51-47-14-5-8-19-55(47)62-58(50)51)32-33-52(44)59(40-26-20-36(21-27-40)38-24-30-48-45-12-3-6-17-53(45)60-56(48)34-38)41-28-22-37(23-29-41)39-25-31-49-46-13-4-7-18-54(46)61-57(49)35-39/h1-35H. The van der Waals surface area contributed by atoms with Crippen molar-refractivity contribution >= 4 is 93.7 Å². The van der Waals surface area contributed by atoms with Crippen molar-refractivity contribution in [1.82, 2.24) is 0 Å². The van der Waals surface area contributed by atoms with Crippen LogP contribution in [-0.2, 0) is 0 Å². The lowest BCUT2D eigenvalue weighted by Gasteiger charge is -2.28. The summed E-state index contributed by atoms with van der Waals surface area (Å²) in [5.74, 6) is 0. The Morgan fingerprint density at radius 1 is 0.258 bits per heavy atom. The van der Waals surface area contributed by atoms with Crippen LogP contribution in [0.2, 0.25) is 0 Å². The minimum Gasteiger partial charge on any atom is -0.456 e. The summed E-state index contributed by atoms with van der Waals surface area (Å²) in [5, 5.41) is 9.04. The molecule has 0 saturated heterocycles. The molecule has 0 amide bonds. The zero-order valence-corrected chi connectivity index (χ0v) is 33.4. The van der Waals surface area contributed by atoms with Gasteiger partial charge >= 0.3 is 0 Å². The molecule has 290 valence electrons. The fourth-order valence-electron chi connectivity index (χ4n) is 9.52. The van der Waals surface area contributed by atoms with Gasteiger partial charge in [-0.05, 0) is 106 Å². The van der Waals surface area contributed by atoms with Crippen molar-refractivity contribution in [3.05, 3.63) is 212 Å². The van der Waals surface area contributed by atoms with Crippen LogP contribution in [0.1, 0.15) is 0 Å². The minimum absolute atomic E-state index is 0.888. The van der Waals surface area contributed by atoms with E-state index in [4.69, 9.17) is 13.3 Å². The fraction of sp³-hybridized carbons (Fsp3) is 0. The predicted octanol–water partition coefficient (Wildman–Crippen LogP) is 17.0. The van der Waals surface area contributed by atoms with E-state index >= 15 is 0 Å². The zero-order valence-electron chi connectivity index (χ0n) is 33.4. The summed E-state index contributed by atoms with van der Waals surface area (Å²) >= 11 is 0. The Morgan fingerprint density at radius 2 is 0.694 bits per heavy atom. The molecule has 0 fully saturated rings. The van der Waals surface area contributed by atoms with E-state index in [9.17, 15) is 0 Å². The van der Waals surface area contributed by atoms with Crippen molar-refractivity contribution in [2.75, 3.05) is 4.90 Å². The topological polar surface area (TPSA) is 42.7 Å². The Bertz CT molecular complexity index is 3710. The highest BCUT2D eigenvalue weighted by molar-refractivity contribution is 6.14. The average molecular weight is 794 g/mol. The molecule has 0 N–H and O–H groups in total. The van der Waals surface area contributed by atoms with Gasteiger partial charge in [0.1, 0.15) is 33.5 Å². The summed E-state index contributed by atoms with van der Waals surface area (Å²) in [7, 11) is 0. The lowest BCUT2D eigenvalue weighted by atomic mass is 9.95. The van der Waals surface area contributed by atoms with Gasteiger partial charge in [0.05, 0.1) is 5.69 Å². The van der Waals surface area contributed by atoms with Crippen LogP contribution in [-0.4, -0.2) is 0 Å². The van der Waals surface area contributed by atoms with Crippen LogP contribution in [0.4, 0.5) is 17.1 Å². The summed E-state index contributed by atoms with van der Waals surface area (Å²) in [5.41, 5.74) is 15.2. The van der Waals surface area contributed by atoms with E-state index in [0.29, 0.717) is 0 Å². The van der Waals surface area contributed by atoms with E-state index in [2.05, 4.69) is 181 Å². The number of rotatable bonds is 6. The molecule has 0 aliphatic heterocycles. The highest BCUT2D eigenvalue weighted by Gasteiger charge is 2.20. The van der Waals surface area contributed by atoms with Gasteiger partial charge in [0.15, 0.2) is 0 Å². The van der Waals surface area contributed by atoms with Crippen LogP contribution in [0.5, 0.6) is 0 Å². The van der Waals surface area contributed by atoms with Gasteiger partial charge in [-0.3, -0.25) is 0 Å². The van der Waals surface area contributed by atoms with Gasteiger partial charge in [-0.1, -0.05) is 140 Å². The van der Waals surface area contributed by atoms with E-state index in [1.165, 1.54) is 0 Å². The van der Waals surface area contributed by atoms with Crippen LogP contribution in [0.15, 0.2) is 226 Å². The Balaban J connectivity index is 0.943. The summed E-state index contributed by atoms with van der Waals surface area (Å²) in [6, 6.07) is 75.1. The molecule has 4 heteroatoms. The molecule has 0 unspecified atom stereocenters. The normalized spacial score (nSPS) is 11.9. The lowest BCUT2D eigenvalue weighted by Crippen LogP contribution is -2.10. The molecule has 0 aliphatic carbocycles. The second kappa shape index (κ2) is 13.6. The second-order valence-electron chi connectivity index (χ2n) is 16.0. The summed E-state index contributed by atoms with van der Waals surface area (Å²) < 4.78 is 19.1. The van der Waals surface area contributed by atoms with Crippen molar-refractivity contribution < 1.29 is 13.3 Å². The number of benzene rings is 10. The third kappa shape index (κ3) is 5.40. The smallest absolute Gasteiger partial charge is 0.143 e. The maximum Gasteiger partial charge on any atom is 0.143 e. The average Bonchev–Trinajstić information content (AvgIpc) is 4.03. The molecule has 0 aliphatic rings. The Morgan fingerprint density at radius 3 is 1.26 bits per heavy atom. The first kappa shape index (κ1) is 34.5. The number of hydrogen-bond donors (Lipinski definition) is 0. The molecule has 13 aromatic rings. The molecule has 3 heterocycles. The van der Waals surface area contributed by atoms with Crippen LogP contribution in [0.25, 0.3) is 110 Å². The molecule has 0 spiro atoms. The number of furan rings is 3. The first-order valence-corrected chi connectivity index (χ1v) is 21.0. The Labute approximate surface area is 356 Å². The molecule has 62 heavy (non-hydrogen) atoms. The molecule has 3 aromatic heterocycles. The third-order valence-corrected chi connectivity index (χ3v) is 12.5. The molecular formula is C58H35NO3. The Hall–Kier alpha value is -8.34. The lowest BCUT2D eigenvalue weighted by molar-refractivity contribution is 0.668. The fourth-order valence-corrected chi connectivity index (χ4v) is 9.52. The number of anilines is 3. The summed E-state index contributed by atoms with van der Waals surface area (Å²) in [6.07, 6.45) is 0. The molecule has 0 saturated carbocycles. The number of para-hydroxylation sites is 4. The van der Waals surface area contributed by atoms with Gasteiger partial charge in [0.2, 0.25) is 0 Å². The zero-order chi connectivity index (χ0) is 40.7. The van der Waals surface area contributed by atoms with Gasteiger partial charge in [-0.2, -0.15) is 0 Å².